The van der Waals surface area contributed by atoms with Gasteiger partial charge in [0.05, 0.1) is 19.1 Å². The number of aliphatic hydroxyl groups is 1. The molecule has 3 nitrogen and oxygen atoms in total. The van der Waals surface area contributed by atoms with Crippen molar-refractivity contribution in [1.29, 1.82) is 0 Å². The van der Waals surface area contributed by atoms with Crippen LogP contribution < -0.4 is 5.32 Å². The van der Waals surface area contributed by atoms with E-state index in [-0.39, 0.29) is 12.6 Å². The van der Waals surface area contributed by atoms with Crippen LogP contribution in [0.15, 0.2) is 23.0 Å². The molecular formula is C10H17NO2. The van der Waals surface area contributed by atoms with E-state index in [1.54, 1.807) is 12.5 Å². The van der Waals surface area contributed by atoms with E-state index in [0.29, 0.717) is 5.92 Å². The molecule has 1 aromatic rings. The Labute approximate surface area is 78.8 Å². The zero-order valence-electron chi connectivity index (χ0n) is 8.16. The molecular weight excluding hydrogens is 166 g/mol. The van der Waals surface area contributed by atoms with Gasteiger partial charge < -0.3 is 14.8 Å². The summed E-state index contributed by atoms with van der Waals surface area (Å²) in [6, 6.07) is 2.08. The third-order valence-corrected chi connectivity index (χ3v) is 2.15. The zero-order chi connectivity index (χ0) is 9.68. The van der Waals surface area contributed by atoms with Crippen LogP contribution in [0.5, 0.6) is 0 Å². The third-order valence-electron chi connectivity index (χ3n) is 2.15. The van der Waals surface area contributed by atoms with Crippen LogP contribution in [-0.2, 0) is 6.54 Å². The van der Waals surface area contributed by atoms with Crippen molar-refractivity contribution in [2.75, 3.05) is 6.61 Å². The van der Waals surface area contributed by atoms with Gasteiger partial charge in [-0.3, -0.25) is 0 Å². The Hall–Kier alpha value is -0.800. The largest absolute Gasteiger partial charge is 0.472 e. The van der Waals surface area contributed by atoms with Crippen LogP contribution in [-0.4, -0.2) is 17.8 Å². The number of hydrogen-bond donors (Lipinski definition) is 2. The number of aliphatic hydroxyl groups excluding tert-OH is 1. The van der Waals surface area contributed by atoms with E-state index in [1.165, 1.54) is 0 Å². The zero-order valence-corrected chi connectivity index (χ0v) is 8.16. The van der Waals surface area contributed by atoms with E-state index in [2.05, 4.69) is 19.2 Å². The molecule has 0 fully saturated rings. The van der Waals surface area contributed by atoms with E-state index >= 15 is 0 Å². The summed E-state index contributed by atoms with van der Waals surface area (Å²) in [6.07, 6.45) is 3.36. The number of furan rings is 1. The van der Waals surface area contributed by atoms with E-state index < -0.39 is 0 Å². The molecule has 0 aliphatic carbocycles. The van der Waals surface area contributed by atoms with E-state index in [1.807, 2.05) is 6.07 Å². The molecule has 0 saturated heterocycles. The molecule has 1 atom stereocenters. The molecule has 0 amide bonds. The van der Waals surface area contributed by atoms with Gasteiger partial charge in [0.25, 0.3) is 0 Å². The first-order chi connectivity index (χ1) is 6.24. The molecule has 0 aliphatic heterocycles. The second-order valence-electron chi connectivity index (χ2n) is 3.55. The summed E-state index contributed by atoms with van der Waals surface area (Å²) < 4.78 is 4.94. The second kappa shape index (κ2) is 5.04. The van der Waals surface area contributed by atoms with Gasteiger partial charge in [0, 0.05) is 18.2 Å². The van der Waals surface area contributed by atoms with Crippen LogP contribution in [0.1, 0.15) is 19.4 Å². The summed E-state index contributed by atoms with van der Waals surface area (Å²) in [5.41, 5.74) is 1.11. The lowest BCUT2D eigenvalue weighted by Crippen LogP contribution is -2.36. The highest BCUT2D eigenvalue weighted by Crippen LogP contribution is 2.04. The average molecular weight is 183 g/mol. The number of hydrogen-bond acceptors (Lipinski definition) is 3. The molecule has 1 heterocycles. The molecule has 0 aromatic carbocycles. The first-order valence-electron chi connectivity index (χ1n) is 4.59. The first-order valence-corrected chi connectivity index (χ1v) is 4.59. The van der Waals surface area contributed by atoms with Crippen LogP contribution in [0, 0.1) is 5.92 Å². The molecule has 0 radical (unpaired) electrons. The molecule has 0 spiro atoms. The minimum atomic E-state index is 0.162. The average Bonchev–Trinajstić information content (AvgIpc) is 2.57. The molecule has 0 saturated carbocycles. The van der Waals surface area contributed by atoms with Crippen molar-refractivity contribution in [3.8, 4) is 0 Å². The van der Waals surface area contributed by atoms with Crippen LogP contribution >= 0.6 is 0 Å². The number of nitrogens with one attached hydrogen (secondary N) is 1. The van der Waals surface area contributed by atoms with E-state index in [0.717, 1.165) is 12.1 Å². The minimum Gasteiger partial charge on any atom is -0.472 e. The Bertz CT molecular complexity index is 219. The minimum absolute atomic E-state index is 0.162. The standard InChI is InChI=1S/C10H17NO2/c1-8(2)10(6-12)11-5-9-3-4-13-7-9/h3-4,7-8,10-12H,5-6H2,1-2H3. The van der Waals surface area contributed by atoms with Crippen molar-refractivity contribution in [2.45, 2.75) is 26.4 Å². The van der Waals surface area contributed by atoms with Crippen molar-refractivity contribution < 1.29 is 9.52 Å². The van der Waals surface area contributed by atoms with Gasteiger partial charge in [0.15, 0.2) is 0 Å². The van der Waals surface area contributed by atoms with Crippen molar-refractivity contribution in [1.82, 2.24) is 5.32 Å². The van der Waals surface area contributed by atoms with Gasteiger partial charge in [-0.2, -0.15) is 0 Å². The van der Waals surface area contributed by atoms with Gasteiger partial charge in [-0.1, -0.05) is 13.8 Å². The van der Waals surface area contributed by atoms with Crippen LogP contribution in [0.2, 0.25) is 0 Å². The highest BCUT2D eigenvalue weighted by atomic mass is 16.3. The van der Waals surface area contributed by atoms with Gasteiger partial charge in [0.1, 0.15) is 0 Å². The molecule has 1 unspecified atom stereocenters. The number of rotatable bonds is 5. The maximum Gasteiger partial charge on any atom is 0.0947 e. The molecule has 0 bridgehead atoms. The van der Waals surface area contributed by atoms with E-state index in [4.69, 9.17) is 9.52 Å². The lowest BCUT2D eigenvalue weighted by molar-refractivity contribution is 0.210. The van der Waals surface area contributed by atoms with Crippen LogP contribution in [0.4, 0.5) is 0 Å². The Morgan fingerprint density at radius 2 is 2.31 bits per heavy atom. The quantitative estimate of drug-likeness (QED) is 0.725. The van der Waals surface area contributed by atoms with Crippen LogP contribution in [0.3, 0.4) is 0 Å². The highest BCUT2D eigenvalue weighted by Gasteiger charge is 2.10. The fraction of sp³-hybridized carbons (Fsp3) is 0.600. The molecule has 13 heavy (non-hydrogen) atoms. The maximum atomic E-state index is 9.04. The normalized spacial score (nSPS) is 13.5. The lowest BCUT2D eigenvalue weighted by Gasteiger charge is -2.19. The molecule has 1 rings (SSSR count). The Kier molecular flexibility index (Phi) is 3.99. The lowest BCUT2D eigenvalue weighted by atomic mass is 10.1. The topological polar surface area (TPSA) is 45.4 Å². The van der Waals surface area contributed by atoms with Crippen molar-refractivity contribution >= 4 is 0 Å². The fourth-order valence-electron chi connectivity index (χ4n) is 1.15. The van der Waals surface area contributed by atoms with Crippen LogP contribution in [0.25, 0.3) is 0 Å². The molecule has 0 aliphatic rings. The molecule has 2 N–H and O–H groups in total. The maximum absolute atomic E-state index is 9.04. The SMILES string of the molecule is CC(C)C(CO)NCc1ccoc1. The first kappa shape index (κ1) is 10.3. The molecule has 3 heteroatoms. The summed E-state index contributed by atoms with van der Waals surface area (Å²) in [5, 5.41) is 12.3. The van der Waals surface area contributed by atoms with Gasteiger partial charge in [0.2, 0.25) is 0 Å². The summed E-state index contributed by atoms with van der Waals surface area (Å²) in [4.78, 5) is 0. The second-order valence-corrected chi connectivity index (χ2v) is 3.55. The Morgan fingerprint density at radius 1 is 1.54 bits per heavy atom. The third kappa shape index (κ3) is 3.20. The Balaban J connectivity index is 2.32. The molecule has 74 valence electrons. The Morgan fingerprint density at radius 3 is 2.77 bits per heavy atom. The summed E-state index contributed by atoms with van der Waals surface area (Å²) in [7, 11) is 0. The van der Waals surface area contributed by atoms with Crippen molar-refractivity contribution in [2.24, 2.45) is 5.92 Å². The predicted octanol–water partition coefficient (Wildman–Crippen LogP) is 1.39. The monoisotopic (exact) mass is 183 g/mol. The smallest absolute Gasteiger partial charge is 0.0947 e. The van der Waals surface area contributed by atoms with E-state index in [9.17, 15) is 0 Å². The van der Waals surface area contributed by atoms with Crippen molar-refractivity contribution in [3.05, 3.63) is 24.2 Å². The summed E-state index contributed by atoms with van der Waals surface area (Å²) >= 11 is 0. The predicted molar refractivity (Wildman–Crippen MR) is 51.3 cm³/mol. The summed E-state index contributed by atoms with van der Waals surface area (Å²) in [5.74, 6) is 0.442. The van der Waals surface area contributed by atoms with Gasteiger partial charge >= 0.3 is 0 Å². The highest BCUT2D eigenvalue weighted by molar-refractivity contribution is 5.04. The van der Waals surface area contributed by atoms with Crippen molar-refractivity contribution in [3.63, 3.8) is 0 Å². The molecule has 1 aromatic heterocycles. The summed E-state index contributed by atoms with van der Waals surface area (Å²) in [6.45, 7) is 5.10. The van der Waals surface area contributed by atoms with Gasteiger partial charge in [-0.15, -0.1) is 0 Å². The van der Waals surface area contributed by atoms with Gasteiger partial charge in [-0.25, -0.2) is 0 Å². The fourth-order valence-corrected chi connectivity index (χ4v) is 1.15. The van der Waals surface area contributed by atoms with Gasteiger partial charge in [-0.05, 0) is 12.0 Å².